The minimum Gasteiger partial charge on any atom is -0.347 e. The number of alkyl halides is 5. The molecule has 0 atom stereocenters. The van der Waals surface area contributed by atoms with Gasteiger partial charge in [0.05, 0.1) is 17.0 Å². The van der Waals surface area contributed by atoms with E-state index in [0.29, 0.717) is 17.4 Å². The van der Waals surface area contributed by atoms with Gasteiger partial charge in [0.15, 0.2) is 0 Å². The van der Waals surface area contributed by atoms with Crippen LogP contribution in [0.3, 0.4) is 0 Å². The highest BCUT2D eigenvalue weighted by atomic mass is 32.1. The highest BCUT2D eigenvalue weighted by Gasteiger charge is 2.60. The Labute approximate surface area is 90.1 Å². The molecule has 8 heteroatoms. The van der Waals surface area contributed by atoms with Gasteiger partial charge in [0, 0.05) is 4.88 Å². The maximum Gasteiger partial charge on any atom is 0.458 e. The molecule has 1 aromatic rings. The first kappa shape index (κ1) is 11.3. The summed E-state index contributed by atoms with van der Waals surface area (Å²) in [5.74, 6) is -5.52. The van der Waals surface area contributed by atoms with Crippen LogP contribution < -0.4 is 5.32 Å². The molecule has 0 bridgehead atoms. The number of nitrogens with one attached hydrogen (secondary N) is 1. The molecule has 0 spiro atoms. The van der Waals surface area contributed by atoms with Gasteiger partial charge in [-0.05, 0) is 6.07 Å². The number of thiophene rings is 1. The van der Waals surface area contributed by atoms with Crippen LogP contribution in [0.4, 0.5) is 22.0 Å². The number of carbonyl (C=O) groups excluding carboxylic acids is 1. The van der Waals surface area contributed by atoms with E-state index < -0.39 is 22.9 Å². The molecule has 2 rings (SSSR count). The highest BCUT2D eigenvalue weighted by molar-refractivity contribution is 7.12. The Morgan fingerprint density at radius 1 is 1.25 bits per heavy atom. The number of carbonyl (C=O) groups is 1. The molecule has 88 valence electrons. The first-order chi connectivity index (χ1) is 7.23. The van der Waals surface area contributed by atoms with Gasteiger partial charge in [-0.3, -0.25) is 4.79 Å². The van der Waals surface area contributed by atoms with Gasteiger partial charge in [-0.25, -0.2) is 0 Å². The summed E-state index contributed by atoms with van der Waals surface area (Å²) < 4.78 is 61.9. The van der Waals surface area contributed by atoms with Crippen molar-refractivity contribution in [3.05, 3.63) is 21.4 Å². The molecule has 2 nitrogen and oxygen atoms in total. The molecule has 0 aromatic carbocycles. The van der Waals surface area contributed by atoms with Crippen LogP contribution in [0.1, 0.15) is 20.1 Å². The third-order valence-corrected chi connectivity index (χ3v) is 3.33. The number of fused-ring (bicyclic) bond motifs is 1. The van der Waals surface area contributed by atoms with E-state index in [-0.39, 0.29) is 17.0 Å². The molecule has 1 aliphatic heterocycles. The zero-order valence-corrected chi connectivity index (χ0v) is 8.31. The third kappa shape index (κ3) is 1.48. The molecule has 1 amide bonds. The zero-order chi connectivity index (χ0) is 12.1. The van der Waals surface area contributed by atoms with Gasteiger partial charge in [0.1, 0.15) is 0 Å². The third-order valence-electron chi connectivity index (χ3n) is 2.13. The number of hydrogen-bond donors (Lipinski definition) is 1. The van der Waals surface area contributed by atoms with E-state index in [1.807, 2.05) is 0 Å². The molecular weight excluding hydrogens is 253 g/mol. The topological polar surface area (TPSA) is 29.1 Å². The molecule has 0 aliphatic carbocycles. The van der Waals surface area contributed by atoms with Crippen LogP contribution in [0.5, 0.6) is 0 Å². The Morgan fingerprint density at radius 2 is 1.88 bits per heavy atom. The fraction of sp³-hybridized carbons (Fsp3) is 0.375. The maximum atomic E-state index is 12.9. The summed E-state index contributed by atoms with van der Waals surface area (Å²) in [6.07, 6.45) is -5.64. The Kier molecular flexibility index (Phi) is 2.23. The van der Waals surface area contributed by atoms with Gasteiger partial charge in [-0.15, -0.1) is 11.3 Å². The maximum absolute atomic E-state index is 12.9. The average molecular weight is 257 g/mol. The van der Waals surface area contributed by atoms with Crippen molar-refractivity contribution in [3.63, 3.8) is 0 Å². The van der Waals surface area contributed by atoms with Crippen molar-refractivity contribution in [1.82, 2.24) is 5.32 Å². The minimum atomic E-state index is -5.64. The van der Waals surface area contributed by atoms with E-state index in [0.717, 1.165) is 0 Å². The van der Waals surface area contributed by atoms with Crippen molar-refractivity contribution in [3.8, 4) is 0 Å². The molecular formula is C8H4F5NOS. The molecule has 0 fully saturated rings. The van der Waals surface area contributed by atoms with Gasteiger partial charge in [-0.1, -0.05) is 0 Å². The van der Waals surface area contributed by atoms with Crippen LogP contribution in [-0.4, -0.2) is 12.1 Å². The fourth-order valence-corrected chi connectivity index (χ4v) is 2.39. The molecule has 0 saturated heterocycles. The van der Waals surface area contributed by atoms with E-state index in [1.54, 1.807) is 0 Å². The highest BCUT2D eigenvalue weighted by Crippen LogP contribution is 2.47. The quantitative estimate of drug-likeness (QED) is 0.770. The normalized spacial score (nSPS) is 16.2. The summed E-state index contributed by atoms with van der Waals surface area (Å²) in [6, 6.07) is 0.607. The van der Waals surface area contributed by atoms with Gasteiger partial charge in [0.2, 0.25) is 0 Å². The first-order valence-corrected chi connectivity index (χ1v) is 4.91. The van der Waals surface area contributed by atoms with Crippen LogP contribution in [0, 0.1) is 0 Å². The van der Waals surface area contributed by atoms with Crippen molar-refractivity contribution in [1.29, 1.82) is 0 Å². The standard InChI is InChI=1S/C8H4F5NOS/c9-7(10,8(11,12)13)5-1-3-4(16-5)2-14-6(3)15/h1H,2H2,(H,14,15). The first-order valence-electron chi connectivity index (χ1n) is 4.09. The van der Waals surface area contributed by atoms with E-state index >= 15 is 0 Å². The van der Waals surface area contributed by atoms with E-state index in [9.17, 15) is 26.7 Å². The molecule has 2 heterocycles. The lowest BCUT2D eigenvalue weighted by molar-refractivity contribution is -0.287. The minimum absolute atomic E-state index is 0.00672. The molecule has 0 radical (unpaired) electrons. The van der Waals surface area contributed by atoms with Crippen LogP contribution >= 0.6 is 11.3 Å². The van der Waals surface area contributed by atoms with E-state index in [2.05, 4.69) is 5.32 Å². The predicted molar refractivity (Wildman–Crippen MR) is 45.4 cm³/mol. The van der Waals surface area contributed by atoms with Crippen LogP contribution in [0.25, 0.3) is 0 Å². The predicted octanol–water partition coefficient (Wildman–Crippen LogP) is 2.65. The van der Waals surface area contributed by atoms with Crippen LogP contribution in [0.2, 0.25) is 0 Å². The lowest BCUT2D eigenvalue weighted by Gasteiger charge is -2.17. The molecule has 1 aliphatic rings. The Bertz CT molecular complexity index is 450. The summed E-state index contributed by atoms with van der Waals surface area (Å²) in [7, 11) is 0. The lowest BCUT2D eigenvalue weighted by atomic mass is 10.2. The van der Waals surface area contributed by atoms with Crippen molar-refractivity contribution >= 4 is 17.2 Å². The molecule has 0 saturated carbocycles. The second kappa shape index (κ2) is 3.16. The molecule has 16 heavy (non-hydrogen) atoms. The van der Waals surface area contributed by atoms with Crippen molar-refractivity contribution < 1.29 is 26.7 Å². The van der Waals surface area contributed by atoms with Gasteiger partial charge in [0.25, 0.3) is 5.91 Å². The number of hydrogen-bond acceptors (Lipinski definition) is 2. The van der Waals surface area contributed by atoms with Crippen molar-refractivity contribution in [2.75, 3.05) is 0 Å². The van der Waals surface area contributed by atoms with Crippen LogP contribution in [-0.2, 0) is 12.5 Å². The van der Waals surface area contributed by atoms with Crippen LogP contribution in [0.15, 0.2) is 6.07 Å². The zero-order valence-electron chi connectivity index (χ0n) is 7.49. The van der Waals surface area contributed by atoms with E-state index in [1.165, 1.54) is 0 Å². The lowest BCUT2D eigenvalue weighted by Crippen LogP contribution is -2.32. The second-order valence-electron chi connectivity index (χ2n) is 3.20. The molecule has 1 aromatic heterocycles. The van der Waals surface area contributed by atoms with Crippen molar-refractivity contribution in [2.45, 2.75) is 18.6 Å². The number of rotatable bonds is 1. The van der Waals surface area contributed by atoms with Gasteiger partial charge in [-0.2, -0.15) is 22.0 Å². The second-order valence-corrected chi connectivity index (χ2v) is 4.34. The largest absolute Gasteiger partial charge is 0.458 e. The summed E-state index contributed by atoms with van der Waals surface area (Å²) in [5, 5.41) is 2.33. The summed E-state index contributed by atoms with van der Waals surface area (Å²) in [4.78, 5) is 10.1. The smallest absolute Gasteiger partial charge is 0.347 e. The fourth-order valence-electron chi connectivity index (χ4n) is 1.30. The number of halogens is 5. The average Bonchev–Trinajstić information content (AvgIpc) is 2.67. The van der Waals surface area contributed by atoms with Gasteiger partial charge >= 0.3 is 12.1 Å². The Balaban J connectivity index is 2.44. The molecule has 0 unspecified atom stereocenters. The monoisotopic (exact) mass is 257 g/mol. The van der Waals surface area contributed by atoms with Crippen molar-refractivity contribution in [2.24, 2.45) is 0 Å². The Morgan fingerprint density at radius 3 is 2.38 bits per heavy atom. The summed E-state index contributed by atoms with van der Waals surface area (Å²) in [5.41, 5.74) is -0.0936. The van der Waals surface area contributed by atoms with E-state index in [4.69, 9.17) is 0 Å². The summed E-state index contributed by atoms with van der Waals surface area (Å²) in [6.45, 7) is 0.00672. The summed E-state index contributed by atoms with van der Waals surface area (Å²) >= 11 is 0.306. The van der Waals surface area contributed by atoms with Gasteiger partial charge < -0.3 is 5.32 Å². The Hall–Kier alpha value is -1.18. The number of amides is 1. The molecule has 1 N–H and O–H groups in total. The SMILES string of the molecule is O=C1NCc2sc(C(F)(F)C(F)(F)F)cc21.